The molecule has 2 aromatic rings. The first-order valence-corrected chi connectivity index (χ1v) is 10.1. The summed E-state index contributed by atoms with van der Waals surface area (Å²) in [5, 5.41) is 6.40. The predicted molar refractivity (Wildman–Crippen MR) is 96.1 cm³/mol. The standard InChI is InChI=1S/C18H22N2OS2/c21-17(16-3-1-9-23-16)20-7-2-5-18(14-20)6-8-19(13-18)11-15-4-10-22-12-15/h1,3-4,9-10,12H,2,5-8,11,13-14H2/t18-/m1/s1. The van der Waals surface area contributed by atoms with Crippen LogP contribution in [0, 0.1) is 5.41 Å². The average molecular weight is 347 g/mol. The Balaban J connectivity index is 1.42. The van der Waals surface area contributed by atoms with Gasteiger partial charge in [0.25, 0.3) is 5.91 Å². The van der Waals surface area contributed by atoms with Crippen LogP contribution in [-0.4, -0.2) is 41.9 Å². The highest BCUT2D eigenvalue weighted by Gasteiger charge is 2.42. The van der Waals surface area contributed by atoms with Crippen LogP contribution in [0.5, 0.6) is 0 Å². The third-order valence-electron chi connectivity index (χ3n) is 5.18. The van der Waals surface area contributed by atoms with Gasteiger partial charge in [-0.05, 0) is 59.6 Å². The number of piperidine rings is 1. The van der Waals surface area contributed by atoms with Crippen molar-refractivity contribution >= 4 is 28.6 Å². The van der Waals surface area contributed by atoms with Gasteiger partial charge in [0.05, 0.1) is 4.88 Å². The summed E-state index contributed by atoms with van der Waals surface area (Å²) in [6, 6.07) is 6.14. The molecule has 122 valence electrons. The van der Waals surface area contributed by atoms with Crippen LogP contribution in [0.2, 0.25) is 0 Å². The number of rotatable bonds is 3. The van der Waals surface area contributed by atoms with Crippen molar-refractivity contribution in [3.63, 3.8) is 0 Å². The Kier molecular flexibility index (Phi) is 4.26. The molecule has 0 bridgehead atoms. The van der Waals surface area contributed by atoms with Crippen LogP contribution in [0.15, 0.2) is 34.3 Å². The fraction of sp³-hybridized carbons (Fsp3) is 0.500. The van der Waals surface area contributed by atoms with Crippen molar-refractivity contribution in [3.8, 4) is 0 Å². The number of carbonyl (C=O) groups excluding carboxylic acids is 1. The summed E-state index contributed by atoms with van der Waals surface area (Å²) in [5.41, 5.74) is 1.75. The molecule has 2 aliphatic heterocycles. The minimum Gasteiger partial charge on any atom is -0.337 e. The highest BCUT2D eigenvalue weighted by atomic mass is 32.1. The van der Waals surface area contributed by atoms with Crippen molar-refractivity contribution in [1.82, 2.24) is 9.80 Å². The van der Waals surface area contributed by atoms with Crippen LogP contribution in [0.4, 0.5) is 0 Å². The molecule has 0 aromatic carbocycles. The zero-order chi connectivity index (χ0) is 15.7. The third kappa shape index (κ3) is 3.23. The van der Waals surface area contributed by atoms with E-state index in [1.54, 1.807) is 22.7 Å². The van der Waals surface area contributed by atoms with E-state index in [-0.39, 0.29) is 5.91 Å². The second-order valence-electron chi connectivity index (χ2n) is 6.90. The summed E-state index contributed by atoms with van der Waals surface area (Å²) in [6.45, 7) is 5.21. The summed E-state index contributed by atoms with van der Waals surface area (Å²) < 4.78 is 0. The van der Waals surface area contributed by atoms with E-state index in [0.29, 0.717) is 5.41 Å². The molecule has 23 heavy (non-hydrogen) atoms. The van der Waals surface area contributed by atoms with Crippen LogP contribution in [-0.2, 0) is 6.54 Å². The number of amides is 1. The molecule has 2 aromatic heterocycles. The summed E-state index contributed by atoms with van der Waals surface area (Å²) in [5.74, 6) is 0.232. The van der Waals surface area contributed by atoms with Crippen LogP contribution >= 0.6 is 22.7 Å². The lowest BCUT2D eigenvalue weighted by atomic mass is 9.79. The number of thiophene rings is 2. The SMILES string of the molecule is O=C(c1cccs1)N1CCC[C@]2(CCN(Cc3ccsc3)C2)C1. The fourth-order valence-corrected chi connectivity index (χ4v) is 5.42. The van der Waals surface area contributed by atoms with Crippen molar-refractivity contribution in [1.29, 1.82) is 0 Å². The Morgan fingerprint density at radius 1 is 1.17 bits per heavy atom. The van der Waals surface area contributed by atoms with Crippen LogP contribution in [0.25, 0.3) is 0 Å². The van der Waals surface area contributed by atoms with Crippen molar-refractivity contribution in [2.24, 2.45) is 5.41 Å². The molecule has 5 heteroatoms. The molecule has 1 atom stereocenters. The summed E-state index contributed by atoms with van der Waals surface area (Å²) in [4.78, 5) is 18.2. The lowest BCUT2D eigenvalue weighted by molar-refractivity contribution is 0.0531. The van der Waals surface area contributed by atoms with Gasteiger partial charge in [0, 0.05) is 31.6 Å². The maximum atomic E-state index is 12.7. The Morgan fingerprint density at radius 3 is 2.91 bits per heavy atom. The first-order valence-electron chi connectivity index (χ1n) is 8.30. The van der Waals surface area contributed by atoms with Crippen LogP contribution < -0.4 is 0 Å². The van der Waals surface area contributed by atoms with Crippen LogP contribution in [0.1, 0.15) is 34.5 Å². The van der Waals surface area contributed by atoms with Gasteiger partial charge < -0.3 is 4.90 Å². The van der Waals surface area contributed by atoms with E-state index in [1.165, 1.54) is 18.4 Å². The van der Waals surface area contributed by atoms with E-state index in [4.69, 9.17) is 0 Å². The van der Waals surface area contributed by atoms with Crippen molar-refractivity contribution < 1.29 is 4.79 Å². The van der Waals surface area contributed by atoms with Gasteiger partial charge in [-0.2, -0.15) is 11.3 Å². The molecule has 3 nitrogen and oxygen atoms in total. The number of likely N-dealkylation sites (tertiary alicyclic amines) is 2. The maximum Gasteiger partial charge on any atom is 0.263 e. The van der Waals surface area contributed by atoms with Gasteiger partial charge in [-0.3, -0.25) is 9.69 Å². The Morgan fingerprint density at radius 2 is 2.13 bits per heavy atom. The third-order valence-corrected chi connectivity index (χ3v) is 6.77. The number of hydrogen-bond acceptors (Lipinski definition) is 4. The normalized spacial score (nSPS) is 25.3. The van der Waals surface area contributed by atoms with E-state index in [2.05, 4.69) is 26.6 Å². The fourth-order valence-electron chi connectivity index (χ4n) is 4.07. The van der Waals surface area contributed by atoms with Gasteiger partial charge in [0.1, 0.15) is 0 Å². The Hall–Kier alpha value is -1.17. The van der Waals surface area contributed by atoms with Crippen molar-refractivity contribution in [3.05, 3.63) is 44.8 Å². The lowest BCUT2D eigenvalue weighted by Crippen LogP contribution is -2.47. The van der Waals surface area contributed by atoms with Gasteiger partial charge in [-0.1, -0.05) is 6.07 Å². The Bertz CT molecular complexity index is 653. The smallest absolute Gasteiger partial charge is 0.263 e. The molecular weight excluding hydrogens is 324 g/mol. The van der Waals surface area contributed by atoms with E-state index >= 15 is 0 Å². The molecule has 0 aliphatic carbocycles. The number of nitrogens with zero attached hydrogens (tertiary/aromatic N) is 2. The molecule has 1 amide bonds. The summed E-state index contributed by atoms with van der Waals surface area (Å²) in [6.07, 6.45) is 3.64. The topological polar surface area (TPSA) is 23.6 Å². The largest absolute Gasteiger partial charge is 0.337 e. The Labute approximate surface area is 145 Å². The van der Waals surface area contributed by atoms with Crippen LogP contribution in [0.3, 0.4) is 0 Å². The molecule has 0 saturated carbocycles. The predicted octanol–water partition coefficient (Wildman–Crippen LogP) is 3.94. The summed E-state index contributed by atoms with van der Waals surface area (Å²) >= 11 is 3.33. The zero-order valence-electron chi connectivity index (χ0n) is 13.2. The second-order valence-corrected chi connectivity index (χ2v) is 8.63. The maximum absolute atomic E-state index is 12.7. The molecule has 2 aliphatic rings. The minimum atomic E-state index is 0.232. The number of hydrogen-bond donors (Lipinski definition) is 0. The highest BCUT2D eigenvalue weighted by molar-refractivity contribution is 7.12. The molecule has 4 heterocycles. The van der Waals surface area contributed by atoms with Crippen molar-refractivity contribution in [2.75, 3.05) is 26.2 Å². The average Bonchev–Trinajstić information content (AvgIpc) is 3.30. The second kappa shape index (κ2) is 6.38. The minimum absolute atomic E-state index is 0.232. The van der Waals surface area contributed by atoms with Gasteiger partial charge in [0.15, 0.2) is 0 Å². The molecule has 0 radical (unpaired) electrons. The van der Waals surface area contributed by atoms with Gasteiger partial charge in [-0.25, -0.2) is 0 Å². The molecule has 4 rings (SSSR count). The zero-order valence-corrected chi connectivity index (χ0v) is 14.9. The molecule has 2 saturated heterocycles. The van der Waals surface area contributed by atoms with E-state index in [1.807, 2.05) is 17.5 Å². The monoisotopic (exact) mass is 346 g/mol. The van der Waals surface area contributed by atoms with Gasteiger partial charge in [-0.15, -0.1) is 11.3 Å². The molecule has 2 fully saturated rings. The van der Waals surface area contributed by atoms with E-state index in [9.17, 15) is 4.79 Å². The van der Waals surface area contributed by atoms with E-state index in [0.717, 1.165) is 44.0 Å². The van der Waals surface area contributed by atoms with Gasteiger partial charge >= 0.3 is 0 Å². The van der Waals surface area contributed by atoms with Crippen molar-refractivity contribution in [2.45, 2.75) is 25.8 Å². The van der Waals surface area contributed by atoms with Gasteiger partial charge in [0.2, 0.25) is 0 Å². The summed E-state index contributed by atoms with van der Waals surface area (Å²) in [7, 11) is 0. The first-order chi connectivity index (χ1) is 11.2. The highest BCUT2D eigenvalue weighted by Crippen LogP contribution is 2.40. The lowest BCUT2D eigenvalue weighted by Gasteiger charge is -2.40. The van der Waals surface area contributed by atoms with E-state index < -0.39 is 0 Å². The quantitative estimate of drug-likeness (QED) is 0.840. The molecular formula is C18H22N2OS2. The first kappa shape index (κ1) is 15.4. The number of carbonyl (C=O) groups is 1. The molecule has 0 unspecified atom stereocenters. The molecule has 0 N–H and O–H groups in total. The molecule has 1 spiro atoms.